The van der Waals surface area contributed by atoms with Crippen molar-refractivity contribution in [1.29, 1.82) is 0 Å². The second-order valence-corrected chi connectivity index (χ2v) is 2.89. The van der Waals surface area contributed by atoms with Crippen LogP contribution in [0.3, 0.4) is 0 Å². The van der Waals surface area contributed by atoms with E-state index in [2.05, 4.69) is 19.9 Å². The monoisotopic (exact) mass is 209 g/mol. The van der Waals surface area contributed by atoms with Crippen LogP contribution in [-0.2, 0) is 0 Å². The highest BCUT2D eigenvalue weighted by Crippen LogP contribution is 2.14. The van der Waals surface area contributed by atoms with E-state index in [1.165, 1.54) is 6.33 Å². The molecule has 0 amide bonds. The molecule has 0 atom stereocenters. The molecule has 0 bridgehead atoms. The SMILES string of the molecule is CC.CN(C)c1ncnc2[nH]c(=O)[nH]c12. The second-order valence-electron chi connectivity index (χ2n) is 2.89. The van der Waals surface area contributed by atoms with Gasteiger partial charge in [-0.3, -0.25) is 4.98 Å². The summed E-state index contributed by atoms with van der Waals surface area (Å²) in [6.07, 6.45) is 1.42. The molecular formula is C9H15N5O. The molecule has 0 aliphatic carbocycles. The number of aromatic amines is 2. The highest BCUT2D eigenvalue weighted by atomic mass is 16.1. The number of hydrogen-bond acceptors (Lipinski definition) is 4. The average Bonchev–Trinajstić information content (AvgIpc) is 2.60. The van der Waals surface area contributed by atoms with Crippen molar-refractivity contribution in [2.45, 2.75) is 13.8 Å². The molecule has 2 heterocycles. The van der Waals surface area contributed by atoms with E-state index in [4.69, 9.17) is 0 Å². The third-order valence-electron chi connectivity index (χ3n) is 1.72. The Morgan fingerprint density at radius 1 is 1.20 bits per heavy atom. The molecule has 0 aromatic carbocycles. The van der Waals surface area contributed by atoms with Gasteiger partial charge in [-0.1, -0.05) is 13.8 Å². The highest BCUT2D eigenvalue weighted by molar-refractivity contribution is 5.82. The van der Waals surface area contributed by atoms with Crippen molar-refractivity contribution in [3.63, 3.8) is 0 Å². The number of H-pyrrole nitrogens is 2. The van der Waals surface area contributed by atoms with Crippen LogP contribution in [0.5, 0.6) is 0 Å². The van der Waals surface area contributed by atoms with E-state index < -0.39 is 0 Å². The minimum absolute atomic E-state index is 0.265. The highest BCUT2D eigenvalue weighted by Gasteiger charge is 2.07. The van der Waals surface area contributed by atoms with E-state index in [-0.39, 0.29) is 5.69 Å². The molecule has 2 aromatic rings. The summed E-state index contributed by atoms with van der Waals surface area (Å²) in [5.74, 6) is 0.698. The molecule has 15 heavy (non-hydrogen) atoms. The Morgan fingerprint density at radius 3 is 2.47 bits per heavy atom. The van der Waals surface area contributed by atoms with Crippen LogP contribution in [0.25, 0.3) is 11.2 Å². The number of nitrogens with one attached hydrogen (secondary N) is 2. The Hall–Kier alpha value is -1.85. The molecule has 2 rings (SSSR count). The van der Waals surface area contributed by atoms with Crippen LogP contribution in [0.15, 0.2) is 11.1 Å². The van der Waals surface area contributed by atoms with Gasteiger partial charge in [0.1, 0.15) is 11.8 Å². The summed E-state index contributed by atoms with van der Waals surface area (Å²) in [4.78, 5) is 25.9. The van der Waals surface area contributed by atoms with Gasteiger partial charge >= 0.3 is 5.69 Å². The summed E-state index contributed by atoms with van der Waals surface area (Å²) >= 11 is 0. The molecule has 82 valence electrons. The van der Waals surface area contributed by atoms with E-state index in [1.807, 2.05) is 32.8 Å². The molecule has 2 N–H and O–H groups in total. The first-order chi connectivity index (χ1) is 7.18. The maximum Gasteiger partial charge on any atom is 0.325 e. The van der Waals surface area contributed by atoms with E-state index >= 15 is 0 Å². The van der Waals surface area contributed by atoms with Crippen molar-refractivity contribution in [3.8, 4) is 0 Å². The summed E-state index contributed by atoms with van der Waals surface area (Å²) in [5, 5.41) is 0. The standard InChI is InChI=1S/C7H9N5O.C2H6/c1-12(2)6-4-5(8-3-9-6)11-7(13)10-4;1-2/h3H,1-2H3,(H2,8,9,10,11,13);1-2H3. The number of anilines is 1. The van der Waals surface area contributed by atoms with Crippen molar-refractivity contribution < 1.29 is 0 Å². The maximum atomic E-state index is 11.0. The van der Waals surface area contributed by atoms with Crippen LogP contribution >= 0.6 is 0 Å². The predicted octanol–water partition coefficient (Wildman–Crippen LogP) is 0.738. The Kier molecular flexibility index (Phi) is 3.43. The number of aromatic nitrogens is 4. The van der Waals surface area contributed by atoms with Crippen LogP contribution in [0.2, 0.25) is 0 Å². The topological polar surface area (TPSA) is 77.7 Å². The quantitative estimate of drug-likeness (QED) is 0.726. The van der Waals surface area contributed by atoms with Gasteiger partial charge in [-0.15, -0.1) is 0 Å². The third-order valence-corrected chi connectivity index (χ3v) is 1.72. The van der Waals surface area contributed by atoms with Gasteiger partial charge in [0.2, 0.25) is 0 Å². The van der Waals surface area contributed by atoms with E-state index in [0.717, 1.165) is 0 Å². The summed E-state index contributed by atoms with van der Waals surface area (Å²) in [7, 11) is 3.71. The molecule has 0 aliphatic rings. The predicted molar refractivity (Wildman–Crippen MR) is 60.2 cm³/mol. The van der Waals surface area contributed by atoms with Crippen molar-refractivity contribution >= 4 is 17.0 Å². The van der Waals surface area contributed by atoms with Crippen LogP contribution in [-0.4, -0.2) is 34.0 Å². The largest absolute Gasteiger partial charge is 0.361 e. The minimum Gasteiger partial charge on any atom is -0.361 e. The Morgan fingerprint density at radius 2 is 1.87 bits per heavy atom. The molecular weight excluding hydrogens is 194 g/mol. The zero-order valence-corrected chi connectivity index (χ0v) is 9.33. The first-order valence-corrected chi connectivity index (χ1v) is 4.79. The molecule has 6 nitrogen and oxygen atoms in total. The van der Waals surface area contributed by atoms with Gasteiger partial charge < -0.3 is 9.88 Å². The lowest BCUT2D eigenvalue weighted by Gasteiger charge is -2.10. The fourth-order valence-electron chi connectivity index (χ4n) is 1.18. The first-order valence-electron chi connectivity index (χ1n) is 4.79. The minimum atomic E-state index is -0.265. The molecule has 0 saturated carbocycles. The number of fused-ring (bicyclic) bond motifs is 1. The summed E-state index contributed by atoms with van der Waals surface area (Å²) in [6, 6.07) is 0. The lowest BCUT2D eigenvalue weighted by molar-refractivity contribution is 1.05. The molecule has 0 spiro atoms. The Labute approximate surface area is 87.4 Å². The normalized spacial score (nSPS) is 9.60. The van der Waals surface area contributed by atoms with Crippen molar-refractivity contribution in [2.24, 2.45) is 0 Å². The fraction of sp³-hybridized carbons (Fsp3) is 0.444. The van der Waals surface area contributed by atoms with E-state index in [9.17, 15) is 4.79 Å². The maximum absolute atomic E-state index is 11.0. The molecule has 6 heteroatoms. The fourth-order valence-corrected chi connectivity index (χ4v) is 1.18. The lowest BCUT2D eigenvalue weighted by Crippen LogP contribution is -2.11. The lowest BCUT2D eigenvalue weighted by atomic mass is 10.5. The van der Waals surface area contributed by atoms with Crippen molar-refractivity contribution in [2.75, 3.05) is 19.0 Å². The van der Waals surface area contributed by atoms with Gasteiger partial charge in [-0.05, 0) is 0 Å². The number of nitrogens with zero attached hydrogens (tertiary/aromatic N) is 3. The van der Waals surface area contributed by atoms with E-state index in [1.54, 1.807) is 0 Å². The van der Waals surface area contributed by atoms with Gasteiger partial charge in [0.05, 0.1) is 0 Å². The molecule has 0 saturated heterocycles. The summed E-state index contributed by atoms with van der Waals surface area (Å²) in [5.41, 5.74) is 0.903. The molecule has 0 aliphatic heterocycles. The number of rotatable bonds is 1. The molecule has 0 fully saturated rings. The van der Waals surface area contributed by atoms with Crippen LogP contribution in [0.1, 0.15) is 13.8 Å². The van der Waals surface area contributed by atoms with E-state index in [0.29, 0.717) is 17.0 Å². The Balaban J connectivity index is 0.000000531. The summed E-state index contributed by atoms with van der Waals surface area (Å²) in [6.45, 7) is 4.00. The first kappa shape index (κ1) is 11.2. The van der Waals surface area contributed by atoms with Gasteiger partial charge in [-0.25, -0.2) is 14.8 Å². The molecule has 0 radical (unpaired) electrons. The zero-order chi connectivity index (χ0) is 11.4. The zero-order valence-electron chi connectivity index (χ0n) is 9.33. The molecule has 2 aromatic heterocycles. The Bertz CT molecular complexity index is 484. The van der Waals surface area contributed by atoms with Crippen LogP contribution < -0.4 is 10.6 Å². The van der Waals surface area contributed by atoms with Gasteiger partial charge in [-0.2, -0.15) is 0 Å². The van der Waals surface area contributed by atoms with Gasteiger partial charge in [0.25, 0.3) is 0 Å². The second kappa shape index (κ2) is 4.59. The number of hydrogen-bond donors (Lipinski definition) is 2. The van der Waals surface area contributed by atoms with Gasteiger partial charge in [0, 0.05) is 14.1 Å². The van der Waals surface area contributed by atoms with Crippen LogP contribution in [0.4, 0.5) is 5.82 Å². The van der Waals surface area contributed by atoms with Crippen molar-refractivity contribution in [3.05, 3.63) is 16.8 Å². The number of imidazole rings is 1. The summed E-state index contributed by atoms with van der Waals surface area (Å²) < 4.78 is 0. The van der Waals surface area contributed by atoms with Crippen molar-refractivity contribution in [1.82, 2.24) is 19.9 Å². The molecule has 0 unspecified atom stereocenters. The van der Waals surface area contributed by atoms with Crippen LogP contribution in [0, 0.1) is 0 Å². The third kappa shape index (κ3) is 2.15. The smallest absolute Gasteiger partial charge is 0.325 e. The average molecular weight is 209 g/mol. The van der Waals surface area contributed by atoms with Gasteiger partial charge in [0.15, 0.2) is 11.5 Å².